The summed E-state index contributed by atoms with van der Waals surface area (Å²) in [7, 11) is -3.18. The molecule has 2 aliphatic rings. The molecule has 0 aliphatic carbocycles. The molecule has 0 spiro atoms. The maximum atomic E-state index is 11.7. The van der Waals surface area contributed by atoms with Crippen LogP contribution in [0.25, 0.3) is 0 Å². The second kappa shape index (κ2) is 13.9. The zero-order valence-corrected chi connectivity index (χ0v) is 26.7. The number of sulfonamides is 1. The number of benzene rings is 2. The maximum absolute atomic E-state index is 11.7. The van der Waals surface area contributed by atoms with Gasteiger partial charge in [-0.05, 0) is 94.3 Å². The van der Waals surface area contributed by atoms with Crippen molar-refractivity contribution in [1.82, 2.24) is 20.3 Å². The second-order valence-corrected chi connectivity index (χ2v) is 14.7. The van der Waals surface area contributed by atoms with Crippen LogP contribution in [-0.2, 0) is 58.5 Å². The lowest BCUT2D eigenvalue weighted by atomic mass is 9.98. The first kappa shape index (κ1) is 33.4. The number of fused-ring (bicyclic) bond motifs is 2. The van der Waals surface area contributed by atoms with E-state index in [4.69, 9.17) is 9.47 Å². The molecule has 0 atom stereocenters. The van der Waals surface area contributed by atoms with Crippen molar-refractivity contribution in [3.8, 4) is 0 Å². The number of rotatable bonds is 5. The molecule has 0 unspecified atom stereocenters. The Morgan fingerprint density at radius 2 is 1.31 bits per heavy atom. The number of ether oxygens (including phenoxy) is 2. The van der Waals surface area contributed by atoms with Crippen molar-refractivity contribution in [2.45, 2.75) is 91.8 Å². The third-order valence-electron chi connectivity index (χ3n) is 6.55. The van der Waals surface area contributed by atoms with E-state index in [2.05, 4.69) is 34.1 Å². The molecule has 0 saturated carbocycles. The number of carbonyl (C=O) groups excluding carboxylic acids is 2. The number of hydrogen-bond donors (Lipinski definition) is 3. The Balaban J connectivity index is 0.000000235. The minimum atomic E-state index is -3.18. The van der Waals surface area contributed by atoms with Crippen LogP contribution < -0.4 is 16.0 Å². The Morgan fingerprint density at radius 3 is 1.81 bits per heavy atom. The third-order valence-corrected chi connectivity index (χ3v) is 7.80. The summed E-state index contributed by atoms with van der Waals surface area (Å²) >= 11 is 0. The zero-order valence-electron chi connectivity index (χ0n) is 25.9. The van der Waals surface area contributed by atoms with E-state index in [0.717, 1.165) is 41.8 Å². The van der Waals surface area contributed by atoms with Crippen molar-refractivity contribution >= 4 is 22.2 Å². The standard InChI is InChI=1S/C16H24N2O4S.C15H22N2O2/c1-16(2,3)22-15(19)17-10-12-5-6-13-7-8-18(23(4,20)21)11-14(13)9-12;1-15(2,3)19-14(18)17-9-11-4-5-12-6-7-16-10-13(12)8-11/h5-6,9H,7-8,10-11H2,1-4H3,(H,17,19);4-5,8,16H,6-7,9-10H2,1-3H3,(H,17,18). The SMILES string of the molecule is CC(C)(C)OC(=O)NCc1ccc2c(c1)CN(S(C)(=O)=O)CC2.CC(C)(C)OC(=O)NCc1ccc2c(c1)CNCC2. The van der Waals surface area contributed by atoms with Gasteiger partial charge in [-0.1, -0.05) is 36.4 Å². The van der Waals surface area contributed by atoms with Crippen LogP contribution in [0.15, 0.2) is 36.4 Å². The van der Waals surface area contributed by atoms with Crippen LogP contribution in [-0.4, -0.2) is 55.5 Å². The molecule has 2 heterocycles. The first-order valence-electron chi connectivity index (χ1n) is 14.3. The molecular formula is C31H46N4O6S. The normalized spacial score (nSPS) is 15.3. The smallest absolute Gasteiger partial charge is 0.407 e. The number of nitrogens with one attached hydrogen (secondary N) is 3. The molecule has 11 heteroatoms. The van der Waals surface area contributed by atoms with Crippen molar-refractivity contribution < 1.29 is 27.5 Å². The van der Waals surface area contributed by atoms with Gasteiger partial charge in [0.2, 0.25) is 10.0 Å². The predicted molar refractivity (Wildman–Crippen MR) is 163 cm³/mol. The fourth-order valence-electron chi connectivity index (χ4n) is 4.60. The third kappa shape index (κ3) is 11.3. The molecule has 0 fully saturated rings. The molecule has 2 aromatic rings. The van der Waals surface area contributed by atoms with Crippen LogP contribution in [0, 0.1) is 0 Å². The molecule has 2 aliphatic heterocycles. The highest BCUT2D eigenvalue weighted by molar-refractivity contribution is 7.88. The van der Waals surface area contributed by atoms with Crippen molar-refractivity contribution in [2.75, 3.05) is 19.3 Å². The predicted octanol–water partition coefficient (Wildman–Crippen LogP) is 4.39. The van der Waals surface area contributed by atoms with Gasteiger partial charge in [-0.2, -0.15) is 4.31 Å². The average Bonchev–Trinajstić information content (AvgIpc) is 2.88. The van der Waals surface area contributed by atoms with Gasteiger partial charge in [0.25, 0.3) is 0 Å². The van der Waals surface area contributed by atoms with Gasteiger partial charge in [0, 0.05) is 32.7 Å². The van der Waals surface area contributed by atoms with E-state index >= 15 is 0 Å². The number of hydrogen-bond acceptors (Lipinski definition) is 7. The fraction of sp³-hybridized carbons (Fsp3) is 0.548. The van der Waals surface area contributed by atoms with Crippen molar-refractivity contribution in [1.29, 1.82) is 0 Å². The first-order chi connectivity index (χ1) is 19.5. The molecule has 0 saturated heterocycles. The maximum Gasteiger partial charge on any atom is 0.407 e. The Kier molecular flexibility index (Phi) is 11.0. The van der Waals surface area contributed by atoms with Gasteiger partial charge in [-0.15, -0.1) is 0 Å². The number of nitrogens with zero attached hydrogens (tertiary/aromatic N) is 1. The highest BCUT2D eigenvalue weighted by Crippen LogP contribution is 2.22. The van der Waals surface area contributed by atoms with Gasteiger partial charge >= 0.3 is 12.2 Å². The summed E-state index contributed by atoms with van der Waals surface area (Å²) in [5.41, 5.74) is 5.92. The topological polar surface area (TPSA) is 126 Å². The van der Waals surface area contributed by atoms with Crippen molar-refractivity contribution in [3.05, 3.63) is 69.8 Å². The zero-order chi connectivity index (χ0) is 31.1. The van der Waals surface area contributed by atoms with Gasteiger partial charge < -0.3 is 25.4 Å². The Bertz CT molecular complexity index is 1360. The number of alkyl carbamates (subject to hydrolysis) is 2. The van der Waals surface area contributed by atoms with Gasteiger partial charge in [-0.3, -0.25) is 0 Å². The van der Waals surface area contributed by atoms with Gasteiger partial charge in [0.05, 0.1) is 6.26 Å². The first-order valence-corrected chi connectivity index (χ1v) is 16.1. The highest BCUT2D eigenvalue weighted by Gasteiger charge is 2.23. The van der Waals surface area contributed by atoms with E-state index in [1.54, 1.807) is 0 Å². The molecular weight excluding hydrogens is 556 g/mol. The lowest BCUT2D eigenvalue weighted by Gasteiger charge is -2.27. The largest absolute Gasteiger partial charge is 0.444 e. The average molecular weight is 603 g/mol. The van der Waals surface area contributed by atoms with Gasteiger partial charge in [0.15, 0.2) is 0 Å². The van der Waals surface area contributed by atoms with E-state index < -0.39 is 27.3 Å². The Morgan fingerprint density at radius 1 is 0.810 bits per heavy atom. The minimum absolute atomic E-state index is 0.348. The molecule has 0 aromatic heterocycles. The molecule has 42 heavy (non-hydrogen) atoms. The summed E-state index contributed by atoms with van der Waals surface area (Å²) in [5, 5.41) is 8.84. The van der Waals surface area contributed by atoms with Crippen LogP contribution in [0.1, 0.15) is 74.9 Å². The van der Waals surface area contributed by atoms with E-state index in [-0.39, 0.29) is 6.09 Å². The summed E-state index contributed by atoms with van der Waals surface area (Å²) in [4.78, 5) is 23.3. The van der Waals surface area contributed by atoms with Crippen LogP contribution in [0.5, 0.6) is 0 Å². The molecule has 4 rings (SSSR count). The van der Waals surface area contributed by atoms with Gasteiger partial charge in [-0.25, -0.2) is 18.0 Å². The molecule has 2 amide bonds. The number of carbonyl (C=O) groups is 2. The minimum Gasteiger partial charge on any atom is -0.444 e. The van der Waals surface area contributed by atoms with Crippen LogP contribution in [0.2, 0.25) is 0 Å². The monoisotopic (exact) mass is 602 g/mol. The van der Waals surface area contributed by atoms with E-state index in [1.807, 2.05) is 59.7 Å². The fourth-order valence-corrected chi connectivity index (χ4v) is 5.39. The molecule has 2 aromatic carbocycles. The Hall–Kier alpha value is -3.15. The molecule has 232 valence electrons. The summed E-state index contributed by atoms with van der Waals surface area (Å²) in [6.45, 7) is 14.7. The van der Waals surface area contributed by atoms with Crippen molar-refractivity contribution in [2.24, 2.45) is 0 Å². The Labute approximate surface area is 250 Å². The van der Waals surface area contributed by atoms with E-state index in [1.165, 1.54) is 21.7 Å². The molecule has 3 N–H and O–H groups in total. The van der Waals surface area contributed by atoms with Crippen molar-refractivity contribution in [3.63, 3.8) is 0 Å². The number of amides is 2. The second-order valence-electron chi connectivity index (χ2n) is 12.7. The molecule has 0 radical (unpaired) electrons. The summed E-state index contributed by atoms with van der Waals surface area (Å²) in [6, 6.07) is 12.3. The molecule has 10 nitrogen and oxygen atoms in total. The lowest BCUT2D eigenvalue weighted by Crippen LogP contribution is -2.35. The summed E-state index contributed by atoms with van der Waals surface area (Å²) in [5.74, 6) is 0. The summed E-state index contributed by atoms with van der Waals surface area (Å²) < 4.78 is 35.2. The van der Waals surface area contributed by atoms with E-state index in [9.17, 15) is 18.0 Å². The summed E-state index contributed by atoms with van der Waals surface area (Å²) in [6.07, 6.45) is 2.18. The van der Waals surface area contributed by atoms with Crippen LogP contribution in [0.4, 0.5) is 9.59 Å². The quantitative estimate of drug-likeness (QED) is 0.464. The van der Waals surface area contributed by atoms with Crippen LogP contribution in [0.3, 0.4) is 0 Å². The molecule has 0 bridgehead atoms. The lowest BCUT2D eigenvalue weighted by molar-refractivity contribution is 0.0512. The van der Waals surface area contributed by atoms with Crippen LogP contribution >= 0.6 is 0 Å². The highest BCUT2D eigenvalue weighted by atomic mass is 32.2. The van der Waals surface area contributed by atoms with Gasteiger partial charge in [0.1, 0.15) is 11.2 Å². The van der Waals surface area contributed by atoms with E-state index in [0.29, 0.717) is 32.6 Å².